The van der Waals surface area contributed by atoms with E-state index in [0.29, 0.717) is 5.82 Å². The molecule has 0 aliphatic rings. The van der Waals surface area contributed by atoms with Crippen LogP contribution in [0.3, 0.4) is 0 Å². The zero-order valence-electron chi connectivity index (χ0n) is 23.2. The van der Waals surface area contributed by atoms with Gasteiger partial charge < -0.3 is 4.42 Å². The molecule has 5 aromatic carbocycles. The Morgan fingerprint density at radius 3 is 1.84 bits per heavy atom. The Morgan fingerprint density at radius 1 is 0.395 bits per heavy atom. The standard InChI is InChI=1S/C39H25N3O/c1-2-9-26(10-3-1)27-11-6-13-29(21-27)35-24-36(30-18-19-38-34(23-30)33-16-4-5-17-37(33)43-38)42-39(41-35)31-14-7-12-28(22-31)32-15-8-20-40-25-32/h1-25H. The third kappa shape index (κ3) is 4.75. The van der Waals surface area contributed by atoms with Gasteiger partial charge >= 0.3 is 0 Å². The highest BCUT2D eigenvalue weighted by Crippen LogP contribution is 2.35. The lowest BCUT2D eigenvalue weighted by Crippen LogP contribution is -1.96. The number of aromatic nitrogens is 3. The van der Waals surface area contributed by atoms with Crippen molar-refractivity contribution in [3.05, 3.63) is 152 Å². The summed E-state index contributed by atoms with van der Waals surface area (Å²) < 4.78 is 6.10. The lowest BCUT2D eigenvalue weighted by Gasteiger charge is -2.11. The van der Waals surface area contributed by atoms with Gasteiger partial charge in [-0.05, 0) is 65.2 Å². The van der Waals surface area contributed by atoms with Gasteiger partial charge in [0.2, 0.25) is 0 Å². The number of nitrogens with zero attached hydrogens (tertiary/aromatic N) is 3. The number of hydrogen-bond donors (Lipinski definition) is 0. The molecule has 0 amide bonds. The lowest BCUT2D eigenvalue weighted by atomic mass is 10.00. The van der Waals surface area contributed by atoms with Gasteiger partial charge in [-0.1, -0.05) is 91.0 Å². The van der Waals surface area contributed by atoms with E-state index in [2.05, 4.69) is 102 Å². The van der Waals surface area contributed by atoms with Crippen molar-refractivity contribution in [2.24, 2.45) is 0 Å². The molecule has 8 aromatic rings. The minimum Gasteiger partial charge on any atom is -0.456 e. The lowest BCUT2D eigenvalue weighted by molar-refractivity contribution is 0.669. The van der Waals surface area contributed by atoms with Crippen molar-refractivity contribution in [2.75, 3.05) is 0 Å². The zero-order valence-corrected chi connectivity index (χ0v) is 23.2. The Balaban J connectivity index is 1.31. The maximum Gasteiger partial charge on any atom is 0.160 e. The van der Waals surface area contributed by atoms with Crippen LogP contribution in [-0.4, -0.2) is 15.0 Å². The zero-order chi connectivity index (χ0) is 28.6. The van der Waals surface area contributed by atoms with Crippen molar-refractivity contribution in [1.82, 2.24) is 15.0 Å². The molecular formula is C39H25N3O. The minimum atomic E-state index is 0.667. The summed E-state index contributed by atoms with van der Waals surface area (Å²) in [5.41, 5.74) is 10.9. The molecule has 0 aliphatic carbocycles. The molecule has 0 atom stereocenters. The van der Waals surface area contributed by atoms with Gasteiger partial charge in [-0.3, -0.25) is 4.98 Å². The van der Waals surface area contributed by atoms with Gasteiger partial charge in [0.05, 0.1) is 11.4 Å². The first-order valence-corrected chi connectivity index (χ1v) is 14.3. The Hall–Kier alpha value is -5.87. The normalized spacial score (nSPS) is 11.3. The number of rotatable bonds is 5. The molecule has 0 radical (unpaired) electrons. The summed E-state index contributed by atoms with van der Waals surface area (Å²) in [6.07, 6.45) is 3.66. The molecule has 0 bridgehead atoms. The SMILES string of the molecule is c1ccc(-c2cccc(-c3cc(-c4ccc5oc6ccccc6c5c4)nc(-c4cccc(-c5cccnc5)c4)n3)c2)cc1. The molecule has 0 fully saturated rings. The molecule has 0 unspecified atom stereocenters. The number of hydrogen-bond acceptors (Lipinski definition) is 4. The second-order valence-electron chi connectivity index (χ2n) is 10.5. The van der Waals surface area contributed by atoms with Crippen molar-refractivity contribution in [1.29, 1.82) is 0 Å². The van der Waals surface area contributed by atoms with E-state index in [1.54, 1.807) is 6.20 Å². The number of furan rings is 1. The van der Waals surface area contributed by atoms with Crippen LogP contribution in [0.15, 0.2) is 156 Å². The topological polar surface area (TPSA) is 51.8 Å². The summed E-state index contributed by atoms with van der Waals surface area (Å²) in [6.45, 7) is 0. The van der Waals surface area contributed by atoms with Gasteiger partial charge in [0.25, 0.3) is 0 Å². The number of pyridine rings is 1. The van der Waals surface area contributed by atoms with Gasteiger partial charge in [0, 0.05) is 45.4 Å². The van der Waals surface area contributed by atoms with E-state index in [9.17, 15) is 0 Å². The maximum atomic E-state index is 6.10. The number of fused-ring (bicyclic) bond motifs is 3. The highest BCUT2D eigenvalue weighted by Gasteiger charge is 2.14. The molecule has 4 nitrogen and oxygen atoms in total. The largest absolute Gasteiger partial charge is 0.456 e. The summed E-state index contributed by atoms with van der Waals surface area (Å²) in [6, 6.07) is 47.8. The van der Waals surface area contributed by atoms with Gasteiger partial charge in [0.1, 0.15) is 11.2 Å². The van der Waals surface area contributed by atoms with Crippen molar-refractivity contribution in [3.8, 4) is 56.2 Å². The van der Waals surface area contributed by atoms with Gasteiger partial charge in [-0.15, -0.1) is 0 Å². The Kier molecular flexibility index (Phi) is 6.08. The van der Waals surface area contributed by atoms with Crippen LogP contribution in [0.5, 0.6) is 0 Å². The Labute approximate surface area is 249 Å². The van der Waals surface area contributed by atoms with Crippen LogP contribution in [0.2, 0.25) is 0 Å². The number of para-hydroxylation sites is 1. The highest BCUT2D eigenvalue weighted by molar-refractivity contribution is 6.06. The predicted octanol–water partition coefficient (Wildman–Crippen LogP) is 10.1. The summed E-state index contributed by atoms with van der Waals surface area (Å²) in [5, 5.41) is 2.16. The van der Waals surface area contributed by atoms with Crippen LogP contribution in [-0.2, 0) is 0 Å². The molecular weight excluding hydrogens is 526 g/mol. The molecule has 0 saturated heterocycles. The van der Waals surface area contributed by atoms with E-state index < -0.39 is 0 Å². The van der Waals surface area contributed by atoms with E-state index in [4.69, 9.17) is 14.4 Å². The van der Waals surface area contributed by atoms with E-state index in [0.717, 1.165) is 66.7 Å². The third-order valence-corrected chi connectivity index (χ3v) is 7.78. The monoisotopic (exact) mass is 551 g/mol. The highest BCUT2D eigenvalue weighted by atomic mass is 16.3. The second kappa shape index (κ2) is 10.5. The van der Waals surface area contributed by atoms with E-state index in [1.807, 2.05) is 48.7 Å². The molecule has 0 spiro atoms. The van der Waals surface area contributed by atoms with Crippen LogP contribution < -0.4 is 0 Å². The molecule has 43 heavy (non-hydrogen) atoms. The molecule has 3 heterocycles. The van der Waals surface area contributed by atoms with E-state index in [1.165, 1.54) is 5.56 Å². The van der Waals surface area contributed by atoms with E-state index >= 15 is 0 Å². The Morgan fingerprint density at radius 2 is 1.02 bits per heavy atom. The first-order chi connectivity index (χ1) is 21.3. The minimum absolute atomic E-state index is 0.667. The summed E-state index contributed by atoms with van der Waals surface area (Å²) >= 11 is 0. The van der Waals surface area contributed by atoms with Crippen LogP contribution in [0, 0.1) is 0 Å². The fourth-order valence-electron chi connectivity index (χ4n) is 5.62. The molecule has 202 valence electrons. The van der Waals surface area contributed by atoms with Crippen LogP contribution in [0.1, 0.15) is 0 Å². The first kappa shape index (κ1) is 24.9. The quantitative estimate of drug-likeness (QED) is 0.214. The summed E-state index contributed by atoms with van der Waals surface area (Å²) in [7, 11) is 0. The molecule has 8 rings (SSSR count). The van der Waals surface area contributed by atoms with Crippen molar-refractivity contribution in [3.63, 3.8) is 0 Å². The molecule has 0 saturated carbocycles. The van der Waals surface area contributed by atoms with Crippen molar-refractivity contribution >= 4 is 21.9 Å². The van der Waals surface area contributed by atoms with Crippen LogP contribution in [0.4, 0.5) is 0 Å². The molecule has 0 N–H and O–H groups in total. The maximum absolute atomic E-state index is 6.10. The molecule has 4 heteroatoms. The average molecular weight is 552 g/mol. The summed E-state index contributed by atoms with van der Waals surface area (Å²) in [5.74, 6) is 0.667. The van der Waals surface area contributed by atoms with Crippen LogP contribution >= 0.6 is 0 Å². The van der Waals surface area contributed by atoms with Crippen LogP contribution in [0.25, 0.3) is 78.1 Å². The van der Waals surface area contributed by atoms with Crippen molar-refractivity contribution in [2.45, 2.75) is 0 Å². The summed E-state index contributed by atoms with van der Waals surface area (Å²) in [4.78, 5) is 14.6. The van der Waals surface area contributed by atoms with E-state index in [-0.39, 0.29) is 0 Å². The fraction of sp³-hybridized carbons (Fsp3) is 0. The smallest absolute Gasteiger partial charge is 0.160 e. The average Bonchev–Trinajstić information content (AvgIpc) is 3.47. The molecule has 3 aromatic heterocycles. The van der Waals surface area contributed by atoms with Gasteiger partial charge in [-0.2, -0.15) is 0 Å². The van der Waals surface area contributed by atoms with Gasteiger partial charge in [-0.25, -0.2) is 9.97 Å². The molecule has 0 aliphatic heterocycles. The second-order valence-corrected chi connectivity index (χ2v) is 10.5. The Bertz CT molecular complexity index is 2140. The number of benzene rings is 5. The fourth-order valence-corrected chi connectivity index (χ4v) is 5.62. The van der Waals surface area contributed by atoms with Gasteiger partial charge in [0.15, 0.2) is 5.82 Å². The first-order valence-electron chi connectivity index (χ1n) is 14.3. The predicted molar refractivity (Wildman–Crippen MR) is 174 cm³/mol. The van der Waals surface area contributed by atoms with Crippen molar-refractivity contribution < 1.29 is 4.42 Å². The third-order valence-electron chi connectivity index (χ3n) is 7.78.